The Morgan fingerprint density at radius 1 is 1.03 bits per heavy atom. The van der Waals surface area contributed by atoms with E-state index in [1.165, 1.54) is 6.07 Å². The highest BCUT2D eigenvalue weighted by Gasteiger charge is 2.22. The lowest BCUT2D eigenvalue weighted by Gasteiger charge is -2.35. The number of ether oxygens (including phenoxy) is 2. The first kappa shape index (κ1) is 20.6. The topological polar surface area (TPSA) is 45.3 Å². The van der Waals surface area contributed by atoms with Gasteiger partial charge in [-0.25, -0.2) is 4.39 Å². The predicted octanol–water partition coefficient (Wildman–Crippen LogP) is 2.72. The molecule has 0 N–H and O–H groups in total. The van der Waals surface area contributed by atoms with Gasteiger partial charge in [0.05, 0.1) is 6.54 Å². The molecule has 0 aromatic heterocycles. The zero-order valence-electron chi connectivity index (χ0n) is 17.3. The van der Waals surface area contributed by atoms with Crippen LogP contribution in [0.25, 0.3) is 0 Å². The lowest BCUT2D eigenvalue weighted by Crippen LogP contribution is -2.49. The largest absolute Gasteiger partial charge is 0.454 e. The standard InChI is InChI=1S/C23H28FN3O3/c1-2-27(14-18-7-8-21-22(13-18)30-17-29-21)23(28)16-26-11-9-25(10-12-26)15-19-5-3-4-6-20(19)24/h3-8,13H,2,9-12,14-17H2,1H3. The van der Waals surface area contributed by atoms with Crippen molar-refractivity contribution in [3.05, 3.63) is 59.4 Å². The SMILES string of the molecule is CCN(Cc1ccc2c(c1)OCO2)C(=O)CN1CCN(Cc2ccccc2F)CC1. The number of fused-ring (bicyclic) bond motifs is 1. The van der Waals surface area contributed by atoms with Gasteiger partial charge in [-0.2, -0.15) is 0 Å². The summed E-state index contributed by atoms with van der Waals surface area (Å²) in [6, 6.07) is 12.7. The summed E-state index contributed by atoms with van der Waals surface area (Å²) in [6.07, 6.45) is 0. The molecule has 7 heteroatoms. The quantitative estimate of drug-likeness (QED) is 0.699. The maximum atomic E-state index is 13.9. The molecule has 30 heavy (non-hydrogen) atoms. The molecule has 1 fully saturated rings. The molecule has 2 aliphatic heterocycles. The number of hydrogen-bond donors (Lipinski definition) is 0. The summed E-state index contributed by atoms with van der Waals surface area (Å²) in [6.45, 7) is 7.75. The summed E-state index contributed by atoms with van der Waals surface area (Å²) in [5.41, 5.74) is 1.76. The van der Waals surface area contributed by atoms with E-state index in [1.54, 1.807) is 6.07 Å². The van der Waals surface area contributed by atoms with E-state index in [9.17, 15) is 9.18 Å². The van der Waals surface area contributed by atoms with E-state index in [0.717, 1.165) is 48.8 Å². The van der Waals surface area contributed by atoms with Crippen molar-refractivity contribution in [3.63, 3.8) is 0 Å². The van der Waals surface area contributed by atoms with Crippen LogP contribution in [0.4, 0.5) is 4.39 Å². The zero-order valence-corrected chi connectivity index (χ0v) is 17.3. The van der Waals surface area contributed by atoms with Gasteiger partial charge in [-0.1, -0.05) is 24.3 Å². The smallest absolute Gasteiger partial charge is 0.237 e. The number of benzene rings is 2. The zero-order chi connectivity index (χ0) is 20.9. The summed E-state index contributed by atoms with van der Waals surface area (Å²) >= 11 is 0. The Balaban J connectivity index is 1.26. The highest BCUT2D eigenvalue weighted by Crippen LogP contribution is 2.32. The first-order valence-electron chi connectivity index (χ1n) is 10.5. The fourth-order valence-corrected chi connectivity index (χ4v) is 3.90. The maximum absolute atomic E-state index is 13.9. The minimum absolute atomic E-state index is 0.123. The van der Waals surface area contributed by atoms with E-state index >= 15 is 0 Å². The van der Waals surface area contributed by atoms with Crippen LogP contribution >= 0.6 is 0 Å². The van der Waals surface area contributed by atoms with Gasteiger partial charge < -0.3 is 14.4 Å². The molecule has 0 atom stereocenters. The summed E-state index contributed by atoms with van der Waals surface area (Å²) in [7, 11) is 0. The number of carbonyl (C=O) groups excluding carboxylic acids is 1. The van der Waals surface area contributed by atoms with Crippen LogP contribution in [0.2, 0.25) is 0 Å². The Morgan fingerprint density at radius 2 is 1.77 bits per heavy atom. The third-order valence-electron chi connectivity index (χ3n) is 5.72. The van der Waals surface area contributed by atoms with Gasteiger partial charge in [-0.05, 0) is 30.7 Å². The number of halogens is 1. The van der Waals surface area contributed by atoms with Crippen LogP contribution < -0.4 is 9.47 Å². The first-order valence-corrected chi connectivity index (χ1v) is 10.5. The van der Waals surface area contributed by atoms with Crippen LogP contribution in [0, 0.1) is 5.82 Å². The first-order chi connectivity index (χ1) is 14.6. The number of likely N-dealkylation sites (N-methyl/N-ethyl adjacent to an activating group) is 1. The Hall–Kier alpha value is -2.64. The monoisotopic (exact) mass is 413 g/mol. The molecule has 0 saturated carbocycles. The molecule has 2 heterocycles. The molecule has 0 spiro atoms. The molecule has 0 bridgehead atoms. The fraction of sp³-hybridized carbons (Fsp3) is 0.435. The van der Waals surface area contributed by atoms with Crippen molar-refractivity contribution in [1.82, 2.24) is 14.7 Å². The molecular formula is C23H28FN3O3. The van der Waals surface area contributed by atoms with Crippen LogP contribution in [-0.2, 0) is 17.9 Å². The van der Waals surface area contributed by atoms with Crippen LogP contribution in [-0.4, -0.2) is 66.7 Å². The fourth-order valence-electron chi connectivity index (χ4n) is 3.90. The van der Waals surface area contributed by atoms with Crippen LogP contribution in [0.5, 0.6) is 11.5 Å². The molecule has 0 radical (unpaired) electrons. The number of piperazine rings is 1. The molecule has 2 aliphatic rings. The van der Waals surface area contributed by atoms with Gasteiger partial charge in [0.2, 0.25) is 12.7 Å². The van der Waals surface area contributed by atoms with E-state index < -0.39 is 0 Å². The van der Waals surface area contributed by atoms with Crippen molar-refractivity contribution in [1.29, 1.82) is 0 Å². The third kappa shape index (κ3) is 4.91. The Bertz CT molecular complexity index is 884. The summed E-state index contributed by atoms with van der Waals surface area (Å²) < 4.78 is 24.7. The van der Waals surface area contributed by atoms with Gasteiger partial charge in [-0.15, -0.1) is 0 Å². The third-order valence-corrected chi connectivity index (χ3v) is 5.72. The van der Waals surface area contributed by atoms with Gasteiger partial charge in [-0.3, -0.25) is 14.6 Å². The number of hydrogen-bond acceptors (Lipinski definition) is 5. The highest BCUT2D eigenvalue weighted by molar-refractivity contribution is 5.78. The van der Waals surface area contributed by atoms with Gasteiger partial charge >= 0.3 is 0 Å². The number of rotatable bonds is 7. The van der Waals surface area contributed by atoms with E-state index in [-0.39, 0.29) is 18.5 Å². The van der Waals surface area contributed by atoms with Gasteiger partial charge in [0.1, 0.15) is 5.82 Å². The van der Waals surface area contributed by atoms with Crippen molar-refractivity contribution in [3.8, 4) is 11.5 Å². The second-order valence-corrected chi connectivity index (χ2v) is 7.74. The molecule has 160 valence electrons. The molecule has 0 unspecified atom stereocenters. The normalized spacial score (nSPS) is 16.6. The molecule has 2 aromatic rings. The van der Waals surface area contributed by atoms with Crippen molar-refractivity contribution >= 4 is 5.91 Å². The van der Waals surface area contributed by atoms with Crippen LogP contribution in [0.1, 0.15) is 18.1 Å². The molecule has 4 rings (SSSR count). The Morgan fingerprint density at radius 3 is 2.53 bits per heavy atom. The lowest BCUT2D eigenvalue weighted by atomic mass is 10.1. The summed E-state index contributed by atoms with van der Waals surface area (Å²) in [5, 5.41) is 0. The molecule has 2 aromatic carbocycles. The van der Waals surface area contributed by atoms with Gasteiger partial charge in [0.15, 0.2) is 11.5 Å². The van der Waals surface area contributed by atoms with E-state index in [4.69, 9.17) is 9.47 Å². The van der Waals surface area contributed by atoms with Crippen LogP contribution in [0.15, 0.2) is 42.5 Å². The van der Waals surface area contributed by atoms with Crippen molar-refractivity contribution < 1.29 is 18.7 Å². The number of carbonyl (C=O) groups is 1. The second kappa shape index (κ2) is 9.45. The van der Waals surface area contributed by atoms with E-state index in [1.807, 2.05) is 42.2 Å². The minimum Gasteiger partial charge on any atom is -0.454 e. The number of nitrogens with zero attached hydrogens (tertiary/aromatic N) is 3. The molecule has 0 aliphatic carbocycles. The Kier molecular flexibility index (Phi) is 6.50. The second-order valence-electron chi connectivity index (χ2n) is 7.74. The summed E-state index contributed by atoms with van der Waals surface area (Å²) in [4.78, 5) is 19.1. The molecule has 6 nitrogen and oxygen atoms in total. The summed E-state index contributed by atoms with van der Waals surface area (Å²) in [5.74, 6) is 1.46. The molecule has 1 amide bonds. The molecule has 1 saturated heterocycles. The van der Waals surface area contributed by atoms with Gasteiger partial charge in [0, 0.05) is 51.4 Å². The van der Waals surface area contributed by atoms with E-state index in [2.05, 4.69) is 9.80 Å². The van der Waals surface area contributed by atoms with Crippen molar-refractivity contribution in [2.45, 2.75) is 20.0 Å². The number of amides is 1. The minimum atomic E-state index is -0.155. The average Bonchev–Trinajstić information content (AvgIpc) is 3.23. The predicted molar refractivity (Wildman–Crippen MR) is 112 cm³/mol. The highest BCUT2D eigenvalue weighted by atomic mass is 19.1. The maximum Gasteiger partial charge on any atom is 0.237 e. The lowest BCUT2D eigenvalue weighted by molar-refractivity contribution is -0.133. The Labute approximate surface area is 176 Å². The van der Waals surface area contributed by atoms with Crippen molar-refractivity contribution in [2.75, 3.05) is 46.1 Å². The van der Waals surface area contributed by atoms with E-state index in [0.29, 0.717) is 26.2 Å². The van der Waals surface area contributed by atoms with Crippen LogP contribution in [0.3, 0.4) is 0 Å². The average molecular weight is 413 g/mol. The van der Waals surface area contributed by atoms with Gasteiger partial charge in [0.25, 0.3) is 0 Å². The van der Waals surface area contributed by atoms with Crippen molar-refractivity contribution in [2.24, 2.45) is 0 Å². The molecular weight excluding hydrogens is 385 g/mol.